The van der Waals surface area contributed by atoms with E-state index in [1.165, 1.54) is 0 Å². The topological polar surface area (TPSA) is 184 Å². The number of rotatable bonds is 4. The van der Waals surface area contributed by atoms with Gasteiger partial charge in [-0.25, -0.2) is 4.57 Å². The summed E-state index contributed by atoms with van der Waals surface area (Å²) in [5.74, 6) is -2.75. The first-order valence-electron chi connectivity index (χ1n) is 3.48. The Kier molecular flexibility index (Phi) is 13.1. The molecule has 16 heavy (non-hydrogen) atoms. The Hall–Kier alpha value is -0.224. The summed E-state index contributed by atoms with van der Waals surface area (Å²) in [7, 11) is -4.64. The van der Waals surface area contributed by atoms with Crippen molar-refractivity contribution in [2.24, 2.45) is 5.73 Å². The van der Waals surface area contributed by atoms with Crippen LogP contribution >= 0.6 is 7.82 Å². The van der Waals surface area contributed by atoms with E-state index in [2.05, 4.69) is 0 Å². The van der Waals surface area contributed by atoms with Gasteiger partial charge in [0.05, 0.1) is 5.97 Å². The minimum absolute atomic E-state index is 0. The van der Waals surface area contributed by atoms with Gasteiger partial charge < -0.3 is 40.2 Å². The first-order chi connectivity index (χ1) is 6.54. The van der Waals surface area contributed by atoms with Gasteiger partial charge in [0.15, 0.2) is 0 Å². The molecule has 0 aliphatic rings. The van der Waals surface area contributed by atoms with Crippen LogP contribution in [0.2, 0.25) is 0 Å². The Bertz CT molecular complexity index is 257. The van der Waals surface area contributed by atoms with Gasteiger partial charge in [-0.1, -0.05) is 0 Å². The fourth-order valence-corrected chi connectivity index (χ4v) is 0.391. The predicted octanol–water partition coefficient (Wildman–Crippen LogP) is -4.72. The third-order valence-electron chi connectivity index (χ3n) is 0.962. The number of carboxylic acid groups (broad SMARTS) is 2. The summed E-state index contributed by atoms with van der Waals surface area (Å²) in [6.45, 7) is 0. The first-order valence-corrected chi connectivity index (χ1v) is 5.05. The van der Waals surface area contributed by atoms with Gasteiger partial charge in [0.25, 0.3) is 0 Å². The van der Waals surface area contributed by atoms with Gasteiger partial charge in [0, 0.05) is 12.0 Å². The molecule has 5 N–H and O–H groups in total. The minimum Gasteiger partial charge on any atom is -0.550 e. The fourth-order valence-electron chi connectivity index (χ4n) is 0.391. The van der Waals surface area contributed by atoms with Crippen molar-refractivity contribution >= 4 is 42.8 Å². The van der Waals surface area contributed by atoms with E-state index in [0.29, 0.717) is 0 Å². The summed E-state index contributed by atoms with van der Waals surface area (Å²) in [6.07, 6.45) is -0.500. The Balaban J connectivity index is -0.000000242. The van der Waals surface area contributed by atoms with Crippen LogP contribution in [0.15, 0.2) is 0 Å². The van der Waals surface area contributed by atoms with E-state index in [1.54, 1.807) is 0 Å². The van der Waals surface area contributed by atoms with Gasteiger partial charge in [0.2, 0.25) is 0 Å². The Morgan fingerprint density at radius 3 is 1.75 bits per heavy atom. The van der Waals surface area contributed by atoms with Crippen molar-refractivity contribution in [3.8, 4) is 0 Å². The molecular weight excluding hydrogens is 257 g/mol. The average Bonchev–Trinajstić information content (AvgIpc) is 1.96. The maximum Gasteiger partial charge on any atom is 2.00 e. The number of aliphatic carboxylic acids is 2. The molecule has 0 heterocycles. The second-order valence-electron chi connectivity index (χ2n) is 2.35. The summed E-state index contributed by atoms with van der Waals surface area (Å²) in [6, 6.07) is -1.21. The molecule has 11 heteroatoms. The molecule has 0 unspecified atom stereocenters. The van der Waals surface area contributed by atoms with E-state index in [4.69, 9.17) is 25.0 Å². The molecule has 0 aromatic rings. The average molecular weight is 267 g/mol. The zero-order chi connectivity index (χ0) is 12.6. The molecule has 0 amide bonds. The Morgan fingerprint density at radius 1 is 1.25 bits per heavy atom. The number of carbonyl (C=O) groups excluding carboxylic acids is 2. The third kappa shape index (κ3) is 29.2. The van der Waals surface area contributed by atoms with Crippen LogP contribution in [0, 0.1) is 0 Å². The van der Waals surface area contributed by atoms with E-state index in [1.807, 2.05) is 0 Å². The summed E-state index contributed by atoms with van der Waals surface area (Å²) in [5.41, 5.74) is 4.91. The zero-order valence-electron chi connectivity index (χ0n) is 8.11. The number of nitrogens with two attached hydrogens (primary N) is 1. The van der Waals surface area contributed by atoms with E-state index in [-0.39, 0.29) is 35.9 Å². The molecular formula is C5H10MgNO8P. The van der Waals surface area contributed by atoms with Gasteiger partial charge in [-0.3, -0.25) is 0 Å². The molecule has 0 rings (SSSR count). The van der Waals surface area contributed by atoms with Crippen LogP contribution < -0.4 is 15.9 Å². The molecule has 0 aliphatic heterocycles. The molecule has 0 radical (unpaired) electrons. The van der Waals surface area contributed by atoms with Gasteiger partial charge in [-0.05, 0) is 12.8 Å². The van der Waals surface area contributed by atoms with Crippen LogP contribution in [0.25, 0.3) is 0 Å². The van der Waals surface area contributed by atoms with Gasteiger partial charge in [-0.2, -0.15) is 0 Å². The second kappa shape index (κ2) is 9.96. The smallest absolute Gasteiger partial charge is 0.550 e. The van der Waals surface area contributed by atoms with Gasteiger partial charge in [-0.15, -0.1) is 0 Å². The Labute approximate surface area is 107 Å². The van der Waals surface area contributed by atoms with Crippen molar-refractivity contribution in [3.05, 3.63) is 0 Å². The molecule has 0 aliphatic carbocycles. The maximum absolute atomic E-state index is 9.86. The molecule has 0 aromatic carbocycles. The molecule has 0 bridgehead atoms. The van der Waals surface area contributed by atoms with Crippen LogP contribution in [-0.2, 0) is 14.2 Å². The summed E-state index contributed by atoms with van der Waals surface area (Å²) in [5, 5.41) is 19.6. The van der Waals surface area contributed by atoms with Crippen molar-refractivity contribution in [1.82, 2.24) is 0 Å². The normalized spacial score (nSPS) is 11.5. The van der Waals surface area contributed by atoms with E-state index < -0.39 is 25.8 Å². The summed E-state index contributed by atoms with van der Waals surface area (Å²) < 4.78 is 8.88. The van der Waals surface area contributed by atoms with Crippen LogP contribution in [0.5, 0.6) is 0 Å². The molecule has 0 fully saturated rings. The molecule has 9 nitrogen and oxygen atoms in total. The van der Waals surface area contributed by atoms with Crippen LogP contribution in [0.1, 0.15) is 12.8 Å². The maximum atomic E-state index is 9.86. The van der Waals surface area contributed by atoms with Crippen molar-refractivity contribution in [3.63, 3.8) is 0 Å². The van der Waals surface area contributed by atoms with E-state index >= 15 is 0 Å². The largest absolute Gasteiger partial charge is 2.00 e. The predicted molar refractivity (Wildman–Crippen MR) is 47.2 cm³/mol. The van der Waals surface area contributed by atoms with Crippen LogP contribution in [0.4, 0.5) is 0 Å². The molecule has 1 atom stereocenters. The molecule has 0 saturated heterocycles. The van der Waals surface area contributed by atoms with Crippen molar-refractivity contribution in [1.29, 1.82) is 0 Å². The first kappa shape index (κ1) is 21.1. The summed E-state index contributed by atoms with van der Waals surface area (Å²) >= 11 is 0. The quantitative estimate of drug-likeness (QED) is 0.287. The van der Waals surface area contributed by atoms with Crippen molar-refractivity contribution in [2.75, 3.05) is 0 Å². The molecule has 0 spiro atoms. The van der Waals surface area contributed by atoms with Crippen molar-refractivity contribution in [2.45, 2.75) is 18.9 Å². The minimum atomic E-state index is -4.64. The number of carbonyl (C=O) groups is 2. The van der Waals surface area contributed by atoms with Gasteiger partial charge >= 0.3 is 30.9 Å². The van der Waals surface area contributed by atoms with Gasteiger partial charge in [0.1, 0.15) is 0 Å². The Morgan fingerprint density at radius 2 is 1.56 bits per heavy atom. The number of hydrogen-bond acceptors (Lipinski definition) is 6. The van der Waals surface area contributed by atoms with E-state index in [9.17, 15) is 19.8 Å². The van der Waals surface area contributed by atoms with Crippen LogP contribution in [0.3, 0.4) is 0 Å². The molecule has 0 aromatic heterocycles. The van der Waals surface area contributed by atoms with Crippen LogP contribution in [-0.4, -0.2) is 55.7 Å². The summed E-state index contributed by atoms with van der Waals surface area (Å²) in [4.78, 5) is 41.2. The van der Waals surface area contributed by atoms with E-state index in [0.717, 1.165) is 0 Å². The second-order valence-corrected chi connectivity index (χ2v) is 3.38. The molecule has 90 valence electrons. The monoisotopic (exact) mass is 267 g/mol. The zero-order valence-corrected chi connectivity index (χ0v) is 10.4. The number of hydrogen-bond donors (Lipinski definition) is 4. The third-order valence-corrected chi connectivity index (χ3v) is 0.962. The molecule has 0 saturated carbocycles. The number of phosphoric acid groups is 1. The van der Waals surface area contributed by atoms with Crippen molar-refractivity contribution < 1.29 is 39.0 Å². The SMILES string of the molecule is N[C@@H](CCC(=O)[O-])C(=O)[O-].O=P(O)(O)O.[Mg+2]. The fraction of sp³-hybridized carbons (Fsp3) is 0.600. The standard InChI is InChI=1S/C5H9NO4.Mg.H3O4P/c6-3(5(9)10)1-2-4(7)8;;1-5(2,3)4/h3H,1-2,6H2,(H,7,8)(H,9,10);;(H3,1,2,3,4)/q;+2;/p-2/t3-;;/m0../s1. The number of carboxylic acids is 2.